The first kappa shape index (κ1) is 20.1. The summed E-state index contributed by atoms with van der Waals surface area (Å²) < 4.78 is 5.21. The van der Waals surface area contributed by atoms with Crippen LogP contribution in [0.4, 0.5) is 0 Å². The maximum absolute atomic E-state index is 12.8. The van der Waals surface area contributed by atoms with Crippen LogP contribution in [0.25, 0.3) is 10.8 Å². The lowest BCUT2D eigenvalue weighted by molar-refractivity contribution is -0.148. The molecule has 3 rings (SSSR count). The van der Waals surface area contributed by atoms with Crippen molar-refractivity contribution in [1.82, 2.24) is 10.2 Å². The highest BCUT2D eigenvalue weighted by molar-refractivity contribution is 6.03. The second-order valence-electron chi connectivity index (χ2n) is 7.70. The molecule has 1 amide bonds. The van der Waals surface area contributed by atoms with Gasteiger partial charge in [-0.15, -0.1) is 0 Å². The molecule has 0 radical (unpaired) electrons. The lowest BCUT2D eigenvalue weighted by Crippen LogP contribution is -2.40. The van der Waals surface area contributed by atoms with E-state index in [0.29, 0.717) is 30.9 Å². The highest BCUT2D eigenvalue weighted by Crippen LogP contribution is 2.29. The number of hydrogen-bond acceptors (Lipinski definition) is 5. The number of nitrogens with one attached hydrogen (secondary N) is 1. The molecule has 1 heterocycles. The number of carbonyl (C=O) groups is 2. The Hall–Kier alpha value is -2.60. The van der Waals surface area contributed by atoms with Gasteiger partial charge in [0.2, 0.25) is 0 Å². The fourth-order valence-corrected chi connectivity index (χ4v) is 3.86. The van der Waals surface area contributed by atoms with Gasteiger partial charge in [0, 0.05) is 24.5 Å². The minimum Gasteiger partial charge on any atom is -0.506 e. The van der Waals surface area contributed by atoms with E-state index < -0.39 is 0 Å². The lowest BCUT2D eigenvalue weighted by Gasteiger charge is -2.24. The van der Waals surface area contributed by atoms with Crippen LogP contribution in [0.2, 0.25) is 0 Å². The fourth-order valence-electron chi connectivity index (χ4n) is 3.86. The molecule has 2 aromatic rings. The molecule has 1 fully saturated rings. The lowest BCUT2D eigenvalue weighted by atomic mass is 10.0. The Balaban J connectivity index is 1.75. The Morgan fingerprint density at radius 2 is 2.00 bits per heavy atom. The third kappa shape index (κ3) is 4.28. The molecule has 0 bridgehead atoms. The number of phenols is 1. The van der Waals surface area contributed by atoms with Crippen molar-refractivity contribution in [2.24, 2.45) is 5.92 Å². The van der Waals surface area contributed by atoms with Crippen molar-refractivity contribution in [2.45, 2.75) is 39.3 Å². The Morgan fingerprint density at radius 3 is 2.71 bits per heavy atom. The molecule has 1 aliphatic heterocycles. The van der Waals surface area contributed by atoms with Crippen molar-refractivity contribution in [2.75, 3.05) is 19.7 Å². The molecule has 0 spiro atoms. The highest BCUT2D eigenvalue weighted by Gasteiger charge is 2.38. The van der Waals surface area contributed by atoms with E-state index in [9.17, 15) is 14.7 Å². The van der Waals surface area contributed by atoms with Gasteiger partial charge in [-0.1, -0.05) is 44.2 Å². The monoisotopic (exact) mass is 384 g/mol. The van der Waals surface area contributed by atoms with Crippen LogP contribution < -0.4 is 5.32 Å². The molecule has 150 valence electrons. The highest BCUT2D eigenvalue weighted by atomic mass is 16.5. The van der Waals surface area contributed by atoms with Gasteiger partial charge in [-0.05, 0) is 30.7 Å². The summed E-state index contributed by atoms with van der Waals surface area (Å²) in [5, 5.41) is 15.0. The number of benzene rings is 2. The number of hydrogen-bond donors (Lipinski definition) is 2. The van der Waals surface area contributed by atoms with E-state index in [4.69, 9.17) is 4.74 Å². The van der Waals surface area contributed by atoms with Gasteiger partial charge in [0.25, 0.3) is 5.91 Å². The first-order chi connectivity index (χ1) is 13.4. The molecule has 0 aromatic heterocycles. The van der Waals surface area contributed by atoms with Crippen molar-refractivity contribution < 1.29 is 19.4 Å². The summed E-state index contributed by atoms with van der Waals surface area (Å²) in [4.78, 5) is 27.2. The number of carbonyl (C=O) groups excluding carboxylic acids is 2. The zero-order valence-corrected chi connectivity index (χ0v) is 16.6. The largest absolute Gasteiger partial charge is 0.506 e. The minimum absolute atomic E-state index is 0.0189. The van der Waals surface area contributed by atoms with Crippen molar-refractivity contribution in [3.8, 4) is 5.75 Å². The third-order valence-corrected chi connectivity index (χ3v) is 5.04. The predicted octanol–water partition coefficient (Wildman–Crippen LogP) is 2.94. The smallest absolute Gasteiger partial charge is 0.323 e. The second kappa shape index (κ2) is 8.61. The van der Waals surface area contributed by atoms with Gasteiger partial charge in [0.15, 0.2) is 0 Å². The number of aromatic hydroxyl groups is 1. The number of nitrogens with zero attached hydrogens (tertiary/aromatic N) is 1. The van der Waals surface area contributed by atoms with Crippen LogP contribution in [0.5, 0.6) is 5.75 Å². The van der Waals surface area contributed by atoms with Crippen molar-refractivity contribution in [3.05, 3.63) is 42.0 Å². The van der Waals surface area contributed by atoms with Gasteiger partial charge in [0.05, 0.1) is 12.2 Å². The number of amides is 1. The first-order valence-corrected chi connectivity index (χ1v) is 9.83. The van der Waals surface area contributed by atoms with Crippen LogP contribution in [0.1, 0.15) is 37.6 Å². The van der Waals surface area contributed by atoms with Gasteiger partial charge in [-0.25, -0.2) is 0 Å². The van der Waals surface area contributed by atoms with Crippen LogP contribution in [0.15, 0.2) is 36.4 Å². The van der Waals surface area contributed by atoms with Crippen LogP contribution in [-0.2, 0) is 9.53 Å². The normalized spacial score (nSPS) is 19.9. The summed E-state index contributed by atoms with van der Waals surface area (Å²) in [6, 6.07) is 10.3. The topological polar surface area (TPSA) is 78.9 Å². The van der Waals surface area contributed by atoms with Crippen LogP contribution >= 0.6 is 0 Å². The molecular formula is C22H28N2O4. The quantitative estimate of drug-likeness (QED) is 0.749. The molecule has 2 aromatic carbocycles. The van der Waals surface area contributed by atoms with Crippen LogP contribution in [0, 0.1) is 5.92 Å². The zero-order valence-electron chi connectivity index (χ0n) is 16.6. The van der Waals surface area contributed by atoms with Gasteiger partial charge >= 0.3 is 5.97 Å². The standard InChI is InChI=1S/C22H28N2O4/c1-4-28-22(27)19-11-16(13-24(19)12-14(2)3)23-21(26)18-10-9-15-7-5-6-8-17(15)20(18)25/h5-10,14,16,19,25H,4,11-13H2,1-3H3,(H,23,26)/t16-,19-/m0/s1. The minimum atomic E-state index is -0.349. The molecular weight excluding hydrogens is 356 g/mol. The summed E-state index contributed by atoms with van der Waals surface area (Å²) in [7, 11) is 0. The van der Waals surface area contributed by atoms with E-state index in [1.165, 1.54) is 0 Å². The van der Waals surface area contributed by atoms with Crippen molar-refractivity contribution in [1.29, 1.82) is 0 Å². The number of rotatable bonds is 6. The predicted molar refractivity (Wildman–Crippen MR) is 108 cm³/mol. The molecule has 0 saturated carbocycles. The van der Waals surface area contributed by atoms with E-state index >= 15 is 0 Å². The molecule has 2 atom stereocenters. The third-order valence-electron chi connectivity index (χ3n) is 5.04. The van der Waals surface area contributed by atoms with E-state index in [-0.39, 0.29) is 35.3 Å². The Bertz CT molecular complexity index is 865. The summed E-state index contributed by atoms with van der Waals surface area (Å²) in [6.07, 6.45) is 0.506. The van der Waals surface area contributed by atoms with Crippen molar-refractivity contribution in [3.63, 3.8) is 0 Å². The van der Waals surface area contributed by atoms with Crippen molar-refractivity contribution >= 4 is 22.6 Å². The van der Waals surface area contributed by atoms with E-state index in [1.807, 2.05) is 24.3 Å². The Kier molecular flexibility index (Phi) is 6.19. The maximum Gasteiger partial charge on any atom is 0.323 e. The summed E-state index contributed by atoms with van der Waals surface area (Å²) in [5.41, 5.74) is 0.244. The molecule has 28 heavy (non-hydrogen) atoms. The zero-order chi connectivity index (χ0) is 20.3. The van der Waals surface area contributed by atoms with Gasteiger partial charge in [0.1, 0.15) is 11.8 Å². The summed E-state index contributed by atoms with van der Waals surface area (Å²) in [6.45, 7) is 7.68. The number of fused-ring (bicyclic) bond motifs is 1. The van der Waals surface area contributed by atoms with Crippen LogP contribution in [-0.4, -0.2) is 53.7 Å². The van der Waals surface area contributed by atoms with Gasteiger partial charge in [-0.3, -0.25) is 14.5 Å². The number of likely N-dealkylation sites (tertiary alicyclic amines) is 1. The molecule has 0 aliphatic carbocycles. The summed E-state index contributed by atoms with van der Waals surface area (Å²) >= 11 is 0. The van der Waals surface area contributed by atoms with E-state index in [1.54, 1.807) is 19.1 Å². The van der Waals surface area contributed by atoms with Gasteiger partial charge in [-0.2, -0.15) is 0 Å². The molecule has 2 N–H and O–H groups in total. The second-order valence-corrected chi connectivity index (χ2v) is 7.70. The number of ether oxygens (including phenoxy) is 1. The van der Waals surface area contributed by atoms with Crippen LogP contribution in [0.3, 0.4) is 0 Å². The average Bonchev–Trinajstić information content (AvgIpc) is 3.04. The first-order valence-electron chi connectivity index (χ1n) is 9.83. The number of esters is 1. The maximum atomic E-state index is 12.8. The molecule has 6 nitrogen and oxygen atoms in total. The Morgan fingerprint density at radius 1 is 1.25 bits per heavy atom. The fraction of sp³-hybridized carbons (Fsp3) is 0.455. The molecule has 6 heteroatoms. The summed E-state index contributed by atoms with van der Waals surface area (Å²) in [5.74, 6) is -0.193. The van der Waals surface area contributed by atoms with E-state index in [2.05, 4.69) is 24.1 Å². The average molecular weight is 384 g/mol. The van der Waals surface area contributed by atoms with E-state index in [0.717, 1.165) is 11.9 Å². The molecule has 1 aliphatic rings. The molecule has 1 saturated heterocycles. The number of phenolic OH excluding ortho intramolecular Hbond substituents is 1. The Labute approximate surface area is 165 Å². The SMILES string of the molecule is CCOC(=O)[C@@H]1C[C@H](NC(=O)c2ccc3ccccc3c2O)CN1CC(C)C. The van der Waals surface area contributed by atoms with Gasteiger partial charge < -0.3 is 15.2 Å². The molecule has 0 unspecified atom stereocenters.